The molecule has 1 aromatic carbocycles. The molecular formula is C12H14N2O4S. The molecule has 19 heavy (non-hydrogen) atoms. The molecule has 1 N–H and O–H groups in total. The van der Waals surface area contributed by atoms with Gasteiger partial charge in [-0.2, -0.15) is 11.8 Å². The fraction of sp³-hybridized carbons (Fsp3) is 0.417. The molecule has 0 aromatic heterocycles. The minimum Gasteiger partial charge on any atom is -0.478 e. The van der Waals surface area contributed by atoms with Crippen LogP contribution < -0.4 is 4.90 Å². The average Bonchev–Trinajstić information content (AvgIpc) is 2.66. The number of hydrogen-bond donors (Lipinski definition) is 1. The SMILES string of the molecule is O=C(O)c1cc([N+](=O)[O-])ccc1N1CCCSCC1. The quantitative estimate of drug-likeness (QED) is 0.676. The third-order valence-corrected chi connectivity index (χ3v) is 4.03. The van der Waals surface area contributed by atoms with Crippen LogP contribution in [0.15, 0.2) is 18.2 Å². The summed E-state index contributed by atoms with van der Waals surface area (Å²) in [6.07, 6.45) is 0.987. The number of aromatic carboxylic acids is 1. The monoisotopic (exact) mass is 282 g/mol. The van der Waals surface area contributed by atoms with E-state index in [2.05, 4.69) is 0 Å². The van der Waals surface area contributed by atoms with Crippen LogP contribution in [0, 0.1) is 10.1 Å². The zero-order chi connectivity index (χ0) is 13.8. The zero-order valence-corrected chi connectivity index (χ0v) is 11.1. The van der Waals surface area contributed by atoms with Crippen molar-refractivity contribution in [2.75, 3.05) is 29.5 Å². The molecule has 6 nitrogen and oxygen atoms in total. The van der Waals surface area contributed by atoms with Gasteiger partial charge in [0.15, 0.2) is 0 Å². The highest BCUT2D eigenvalue weighted by molar-refractivity contribution is 7.99. The van der Waals surface area contributed by atoms with Crippen molar-refractivity contribution in [2.45, 2.75) is 6.42 Å². The summed E-state index contributed by atoms with van der Waals surface area (Å²) < 4.78 is 0. The first kappa shape index (κ1) is 13.7. The Hall–Kier alpha value is -1.76. The highest BCUT2D eigenvalue weighted by Gasteiger charge is 2.20. The molecule has 1 aliphatic rings. The molecule has 0 atom stereocenters. The van der Waals surface area contributed by atoms with Gasteiger partial charge in [-0.25, -0.2) is 4.79 Å². The van der Waals surface area contributed by atoms with Crippen LogP contribution in [0.5, 0.6) is 0 Å². The number of hydrogen-bond acceptors (Lipinski definition) is 5. The van der Waals surface area contributed by atoms with Gasteiger partial charge in [-0.15, -0.1) is 0 Å². The molecule has 0 spiro atoms. The molecule has 1 heterocycles. The van der Waals surface area contributed by atoms with Crippen molar-refractivity contribution < 1.29 is 14.8 Å². The Bertz CT molecular complexity index is 499. The van der Waals surface area contributed by atoms with Crippen molar-refractivity contribution in [3.8, 4) is 0 Å². The van der Waals surface area contributed by atoms with E-state index in [9.17, 15) is 20.0 Å². The maximum Gasteiger partial charge on any atom is 0.338 e. The lowest BCUT2D eigenvalue weighted by Crippen LogP contribution is -2.27. The lowest BCUT2D eigenvalue weighted by atomic mass is 10.1. The molecule has 1 aromatic rings. The van der Waals surface area contributed by atoms with E-state index < -0.39 is 10.9 Å². The van der Waals surface area contributed by atoms with Crippen molar-refractivity contribution in [1.82, 2.24) is 0 Å². The number of nitro benzene ring substituents is 1. The number of non-ortho nitro benzene ring substituents is 1. The number of carbonyl (C=O) groups is 1. The van der Waals surface area contributed by atoms with E-state index in [4.69, 9.17) is 0 Å². The average molecular weight is 282 g/mol. The maximum absolute atomic E-state index is 11.3. The summed E-state index contributed by atoms with van der Waals surface area (Å²) in [4.78, 5) is 23.4. The summed E-state index contributed by atoms with van der Waals surface area (Å²) in [5, 5.41) is 19.9. The smallest absolute Gasteiger partial charge is 0.338 e. The van der Waals surface area contributed by atoms with Crippen LogP contribution in [-0.2, 0) is 0 Å². The molecule has 102 valence electrons. The predicted molar refractivity (Wildman–Crippen MR) is 74.2 cm³/mol. The first-order valence-electron chi connectivity index (χ1n) is 5.94. The number of nitrogens with zero attached hydrogens (tertiary/aromatic N) is 2. The Morgan fingerprint density at radius 3 is 2.84 bits per heavy atom. The highest BCUT2D eigenvalue weighted by Crippen LogP contribution is 2.27. The van der Waals surface area contributed by atoms with Gasteiger partial charge >= 0.3 is 5.97 Å². The maximum atomic E-state index is 11.3. The number of thioether (sulfide) groups is 1. The Kier molecular flexibility index (Phi) is 4.26. The summed E-state index contributed by atoms with van der Waals surface area (Å²) in [7, 11) is 0. The van der Waals surface area contributed by atoms with Crippen LogP contribution in [0.2, 0.25) is 0 Å². The lowest BCUT2D eigenvalue weighted by Gasteiger charge is -2.23. The number of anilines is 1. The summed E-state index contributed by atoms with van der Waals surface area (Å²) in [5.41, 5.74) is 0.382. The van der Waals surface area contributed by atoms with Gasteiger partial charge in [0.2, 0.25) is 0 Å². The summed E-state index contributed by atoms with van der Waals surface area (Å²) in [6.45, 7) is 1.55. The van der Waals surface area contributed by atoms with Crippen LogP contribution in [0.4, 0.5) is 11.4 Å². The van der Waals surface area contributed by atoms with Gasteiger partial charge in [0.05, 0.1) is 16.2 Å². The van der Waals surface area contributed by atoms with Gasteiger partial charge in [-0.1, -0.05) is 0 Å². The van der Waals surface area contributed by atoms with Crippen molar-refractivity contribution in [3.63, 3.8) is 0 Å². The van der Waals surface area contributed by atoms with Gasteiger partial charge < -0.3 is 10.0 Å². The van der Waals surface area contributed by atoms with Crippen LogP contribution in [-0.4, -0.2) is 40.6 Å². The van der Waals surface area contributed by atoms with Crippen molar-refractivity contribution in [3.05, 3.63) is 33.9 Å². The van der Waals surface area contributed by atoms with E-state index in [-0.39, 0.29) is 11.3 Å². The first-order chi connectivity index (χ1) is 9.09. The number of carboxylic acid groups (broad SMARTS) is 1. The van der Waals surface area contributed by atoms with E-state index >= 15 is 0 Å². The van der Waals surface area contributed by atoms with Crippen LogP contribution in [0.1, 0.15) is 16.8 Å². The second-order valence-corrected chi connectivity index (χ2v) is 5.44. The van der Waals surface area contributed by atoms with Gasteiger partial charge in [0.1, 0.15) is 0 Å². The third-order valence-electron chi connectivity index (χ3n) is 2.98. The number of rotatable bonds is 3. The molecule has 1 aliphatic heterocycles. The summed E-state index contributed by atoms with van der Waals surface area (Å²) in [5.74, 6) is 0.873. The molecule has 1 fully saturated rings. The predicted octanol–water partition coefficient (Wildman–Crippen LogP) is 2.24. The van der Waals surface area contributed by atoms with E-state index in [0.717, 1.165) is 37.1 Å². The van der Waals surface area contributed by atoms with Gasteiger partial charge in [-0.05, 0) is 18.2 Å². The standard InChI is InChI=1S/C12H14N2O4S/c15-12(16)10-8-9(14(17)18)2-3-11(10)13-4-1-6-19-7-5-13/h2-3,8H,1,4-7H2,(H,15,16). The molecule has 7 heteroatoms. The second-order valence-electron chi connectivity index (χ2n) is 4.22. The number of nitro groups is 1. The normalized spacial score (nSPS) is 15.9. The topological polar surface area (TPSA) is 83.7 Å². The summed E-state index contributed by atoms with van der Waals surface area (Å²) >= 11 is 1.84. The Morgan fingerprint density at radius 2 is 2.16 bits per heavy atom. The Labute approximate surface area is 114 Å². The largest absolute Gasteiger partial charge is 0.478 e. The molecule has 0 bridgehead atoms. The minimum atomic E-state index is -1.13. The highest BCUT2D eigenvalue weighted by atomic mass is 32.2. The van der Waals surface area contributed by atoms with E-state index in [1.54, 1.807) is 0 Å². The fourth-order valence-corrected chi connectivity index (χ4v) is 2.96. The van der Waals surface area contributed by atoms with Gasteiger partial charge in [0.25, 0.3) is 5.69 Å². The van der Waals surface area contributed by atoms with Crippen LogP contribution in [0.3, 0.4) is 0 Å². The fourth-order valence-electron chi connectivity index (χ4n) is 2.07. The van der Waals surface area contributed by atoms with Gasteiger partial charge in [-0.3, -0.25) is 10.1 Å². The molecular weight excluding hydrogens is 268 g/mol. The van der Waals surface area contributed by atoms with E-state index in [1.165, 1.54) is 12.1 Å². The lowest BCUT2D eigenvalue weighted by molar-refractivity contribution is -0.384. The van der Waals surface area contributed by atoms with Gasteiger partial charge in [0, 0.05) is 31.0 Å². The molecule has 0 saturated carbocycles. The Morgan fingerprint density at radius 1 is 1.37 bits per heavy atom. The molecule has 1 saturated heterocycles. The van der Waals surface area contributed by atoms with Crippen LogP contribution >= 0.6 is 11.8 Å². The molecule has 0 radical (unpaired) electrons. The van der Waals surface area contributed by atoms with Crippen molar-refractivity contribution >= 4 is 29.1 Å². The zero-order valence-electron chi connectivity index (χ0n) is 10.2. The molecule has 2 rings (SSSR count). The molecule has 0 aliphatic carbocycles. The van der Waals surface area contributed by atoms with Crippen LogP contribution in [0.25, 0.3) is 0 Å². The number of carboxylic acids is 1. The minimum absolute atomic E-state index is 0.00102. The van der Waals surface area contributed by atoms with Crippen molar-refractivity contribution in [2.24, 2.45) is 0 Å². The van der Waals surface area contributed by atoms with E-state index in [0.29, 0.717) is 5.69 Å². The molecule has 0 unspecified atom stereocenters. The summed E-state index contributed by atoms with van der Waals surface area (Å²) in [6, 6.07) is 4.03. The molecule has 0 amide bonds. The van der Waals surface area contributed by atoms with Crippen molar-refractivity contribution in [1.29, 1.82) is 0 Å². The second kappa shape index (κ2) is 5.92. The Balaban J connectivity index is 2.37. The third kappa shape index (κ3) is 3.17. The number of benzene rings is 1. The van der Waals surface area contributed by atoms with E-state index in [1.807, 2.05) is 16.7 Å². The first-order valence-corrected chi connectivity index (χ1v) is 7.09.